The molecule has 270 valence electrons. The second-order valence-corrected chi connectivity index (χ2v) is 15.7. The molecule has 5 nitrogen and oxygen atoms in total. The maximum Gasteiger partial charge on any atom is 0.227 e. The summed E-state index contributed by atoms with van der Waals surface area (Å²) >= 11 is 1.84. The van der Waals surface area contributed by atoms with Crippen LogP contribution in [0.5, 0.6) is 0 Å². The molecule has 0 saturated heterocycles. The highest BCUT2D eigenvalue weighted by molar-refractivity contribution is 7.25. The van der Waals surface area contributed by atoms with Crippen molar-refractivity contribution in [2.45, 2.75) is 0 Å². The van der Waals surface area contributed by atoms with Crippen LogP contribution in [0.1, 0.15) is 0 Å². The van der Waals surface area contributed by atoms with Gasteiger partial charge in [0, 0.05) is 53.2 Å². The molecule has 0 aliphatic carbocycles. The monoisotopic (exact) mass is 758 g/mol. The zero-order chi connectivity index (χ0) is 38.2. The van der Waals surface area contributed by atoms with Crippen LogP contribution in [0, 0.1) is 0 Å². The Kier molecular flexibility index (Phi) is 7.33. The molecule has 0 N–H and O–H groups in total. The van der Waals surface area contributed by atoms with Gasteiger partial charge >= 0.3 is 0 Å². The summed E-state index contributed by atoms with van der Waals surface area (Å²) in [5, 5.41) is 9.23. The molecule has 0 fully saturated rings. The minimum absolute atomic E-state index is 0.616. The summed E-state index contributed by atoms with van der Waals surface area (Å²) in [6, 6.07) is 63.4. The lowest BCUT2D eigenvalue weighted by Gasteiger charge is -2.11. The Morgan fingerprint density at radius 2 is 0.948 bits per heavy atom. The molecule has 0 amide bonds. The van der Waals surface area contributed by atoms with E-state index in [1.165, 1.54) is 25.7 Å². The van der Waals surface area contributed by atoms with Crippen LogP contribution in [0.15, 0.2) is 186 Å². The third-order valence-corrected chi connectivity index (χ3v) is 12.3. The smallest absolute Gasteiger partial charge is 0.227 e. The second kappa shape index (κ2) is 13.0. The molecular formula is C52H30N4OS. The van der Waals surface area contributed by atoms with Crippen molar-refractivity contribution >= 4 is 74.9 Å². The Morgan fingerprint density at radius 1 is 0.362 bits per heavy atom. The lowest BCUT2D eigenvalue weighted by molar-refractivity contribution is 0.623. The van der Waals surface area contributed by atoms with Gasteiger partial charge in [-0.25, -0.2) is 19.9 Å². The fourth-order valence-electron chi connectivity index (χ4n) is 8.36. The Bertz CT molecular complexity index is 3560. The molecule has 3 aromatic heterocycles. The summed E-state index contributed by atoms with van der Waals surface area (Å²) < 4.78 is 9.14. The molecule has 0 saturated carbocycles. The average Bonchev–Trinajstić information content (AvgIpc) is 3.92. The van der Waals surface area contributed by atoms with Crippen molar-refractivity contribution in [3.8, 4) is 56.7 Å². The predicted molar refractivity (Wildman–Crippen MR) is 240 cm³/mol. The lowest BCUT2D eigenvalue weighted by atomic mass is 9.95. The largest absolute Gasteiger partial charge is 0.435 e. The van der Waals surface area contributed by atoms with Gasteiger partial charge in [0.2, 0.25) is 5.89 Å². The maximum absolute atomic E-state index is 6.55. The molecule has 0 radical (unpaired) electrons. The maximum atomic E-state index is 6.55. The number of aromatic nitrogens is 4. The van der Waals surface area contributed by atoms with Gasteiger partial charge in [0.1, 0.15) is 5.52 Å². The number of nitrogens with zero attached hydrogens (tertiary/aromatic N) is 4. The van der Waals surface area contributed by atoms with Crippen LogP contribution in [0.3, 0.4) is 0 Å². The normalized spacial score (nSPS) is 11.8. The van der Waals surface area contributed by atoms with Crippen LogP contribution in [-0.2, 0) is 0 Å². The van der Waals surface area contributed by atoms with Crippen molar-refractivity contribution in [2.75, 3.05) is 0 Å². The number of hydrogen-bond acceptors (Lipinski definition) is 6. The Labute approximate surface area is 336 Å². The third kappa shape index (κ3) is 5.30. The average molecular weight is 759 g/mol. The summed E-state index contributed by atoms with van der Waals surface area (Å²) in [4.78, 5) is 20.1. The molecular weight excluding hydrogens is 729 g/mol. The lowest BCUT2D eigenvalue weighted by Crippen LogP contribution is -2.00. The van der Waals surface area contributed by atoms with Crippen molar-refractivity contribution in [3.05, 3.63) is 182 Å². The number of rotatable bonds is 5. The summed E-state index contributed by atoms with van der Waals surface area (Å²) in [6.07, 6.45) is 0. The van der Waals surface area contributed by atoms with E-state index in [-0.39, 0.29) is 0 Å². The van der Waals surface area contributed by atoms with Crippen LogP contribution < -0.4 is 0 Å². The van der Waals surface area contributed by atoms with Crippen molar-refractivity contribution in [1.82, 2.24) is 19.9 Å². The molecule has 0 aliphatic heterocycles. The van der Waals surface area contributed by atoms with E-state index in [9.17, 15) is 0 Å². The molecule has 0 spiro atoms. The van der Waals surface area contributed by atoms with Crippen LogP contribution in [0.25, 0.3) is 120 Å². The fourth-order valence-corrected chi connectivity index (χ4v) is 9.49. The van der Waals surface area contributed by atoms with Crippen molar-refractivity contribution in [2.24, 2.45) is 0 Å². The van der Waals surface area contributed by atoms with Gasteiger partial charge in [-0.1, -0.05) is 146 Å². The van der Waals surface area contributed by atoms with E-state index in [4.69, 9.17) is 24.4 Å². The van der Waals surface area contributed by atoms with Crippen LogP contribution >= 0.6 is 11.3 Å². The van der Waals surface area contributed by atoms with Crippen molar-refractivity contribution < 1.29 is 4.42 Å². The Balaban J connectivity index is 0.992. The highest BCUT2D eigenvalue weighted by atomic mass is 32.1. The number of hydrogen-bond donors (Lipinski definition) is 0. The zero-order valence-corrected chi connectivity index (χ0v) is 31.7. The summed E-state index contributed by atoms with van der Waals surface area (Å²) in [5.41, 5.74) is 7.73. The SMILES string of the molecule is c1ccc(-c2nc(-c3ccc(-c4cccc5sc6ccccc6c45)cc3)nc(-c3ccc4c(ccc5ccc6ccc7nc(-c8ccccc8)oc7c6c54)c3)n2)cc1. The molecule has 9 aromatic carbocycles. The van der Waals surface area contributed by atoms with Gasteiger partial charge in [-0.05, 0) is 69.1 Å². The summed E-state index contributed by atoms with van der Waals surface area (Å²) in [5.74, 6) is 2.49. The first kappa shape index (κ1) is 32.7. The molecule has 0 unspecified atom stereocenters. The summed E-state index contributed by atoms with van der Waals surface area (Å²) in [6.45, 7) is 0. The number of benzene rings is 9. The standard InChI is InChI=1S/C52H30N4OS/c1-3-10-34(11-4-1)49-54-50(35-23-18-31(19-24-35)39-15-9-17-44-47(39)41-14-7-8-16-43(41)58-44)56-51(55-49)38-26-28-40-37(30-38)25-22-32-20-21-33-27-29-42-48(46(33)45(32)40)57-52(53-42)36-12-5-2-6-13-36/h1-30H. The highest BCUT2D eigenvalue weighted by Crippen LogP contribution is 2.41. The van der Waals surface area contributed by atoms with Crippen LogP contribution in [0.4, 0.5) is 0 Å². The van der Waals surface area contributed by atoms with E-state index in [0.29, 0.717) is 23.4 Å². The van der Waals surface area contributed by atoms with Gasteiger partial charge in [0.05, 0.1) is 0 Å². The number of thiophene rings is 1. The molecule has 58 heavy (non-hydrogen) atoms. The first-order valence-corrected chi connectivity index (χ1v) is 20.1. The van der Waals surface area contributed by atoms with Gasteiger partial charge in [-0.15, -0.1) is 11.3 Å². The predicted octanol–water partition coefficient (Wildman–Crippen LogP) is 14.2. The molecule has 0 aliphatic rings. The number of oxazole rings is 1. The molecule has 3 heterocycles. The fraction of sp³-hybridized carbons (Fsp3) is 0. The molecule has 12 aromatic rings. The van der Waals surface area contributed by atoms with E-state index < -0.39 is 0 Å². The van der Waals surface area contributed by atoms with Crippen LogP contribution in [-0.4, -0.2) is 19.9 Å². The molecule has 6 heteroatoms. The Hall–Kier alpha value is -7.54. The van der Waals surface area contributed by atoms with E-state index >= 15 is 0 Å². The van der Waals surface area contributed by atoms with Gasteiger partial charge in [0.15, 0.2) is 23.1 Å². The topological polar surface area (TPSA) is 64.7 Å². The van der Waals surface area contributed by atoms with Crippen LogP contribution in [0.2, 0.25) is 0 Å². The minimum Gasteiger partial charge on any atom is -0.435 e. The Morgan fingerprint density at radius 3 is 1.72 bits per heavy atom. The minimum atomic E-state index is 0.616. The quantitative estimate of drug-likeness (QED) is 0.164. The van der Waals surface area contributed by atoms with Gasteiger partial charge < -0.3 is 4.42 Å². The zero-order valence-electron chi connectivity index (χ0n) is 30.9. The van der Waals surface area contributed by atoms with E-state index in [1.54, 1.807) is 0 Å². The molecule has 0 atom stereocenters. The third-order valence-electron chi connectivity index (χ3n) is 11.1. The van der Waals surface area contributed by atoms with Gasteiger partial charge in [-0.2, -0.15) is 0 Å². The van der Waals surface area contributed by atoms with Gasteiger partial charge in [0.25, 0.3) is 0 Å². The number of fused-ring (bicyclic) bond motifs is 10. The van der Waals surface area contributed by atoms with E-state index in [1.807, 2.05) is 78.1 Å². The summed E-state index contributed by atoms with van der Waals surface area (Å²) in [7, 11) is 0. The molecule has 12 rings (SSSR count). The highest BCUT2D eigenvalue weighted by Gasteiger charge is 2.18. The van der Waals surface area contributed by atoms with Gasteiger partial charge in [-0.3, -0.25) is 0 Å². The first-order valence-electron chi connectivity index (χ1n) is 19.3. The van der Waals surface area contributed by atoms with Crippen molar-refractivity contribution in [1.29, 1.82) is 0 Å². The van der Waals surface area contributed by atoms with Crippen molar-refractivity contribution in [3.63, 3.8) is 0 Å². The van der Waals surface area contributed by atoms with E-state index in [2.05, 4.69) is 115 Å². The first-order chi connectivity index (χ1) is 28.7. The van der Waals surface area contributed by atoms with E-state index in [0.717, 1.165) is 71.2 Å². The molecule has 0 bridgehead atoms. The second-order valence-electron chi connectivity index (χ2n) is 14.6.